The average Bonchev–Trinajstić information content (AvgIpc) is 2.37. The maximum atomic E-state index is 11.8. The monoisotopic (exact) mass is 248 g/mol. The Balaban J connectivity index is 2.44. The lowest BCUT2D eigenvalue weighted by molar-refractivity contribution is -0.120. The number of nitrogens with two attached hydrogens (primary N) is 1. The molecule has 0 radical (unpaired) electrons. The van der Waals surface area contributed by atoms with Gasteiger partial charge in [0.2, 0.25) is 5.91 Å². The van der Waals surface area contributed by atoms with E-state index in [0.29, 0.717) is 13.0 Å². The van der Waals surface area contributed by atoms with Gasteiger partial charge in [-0.25, -0.2) is 0 Å². The molecule has 0 bridgehead atoms. The molecule has 0 unspecified atom stereocenters. The van der Waals surface area contributed by atoms with Crippen LogP contribution in [0.1, 0.15) is 38.3 Å². The molecule has 0 saturated heterocycles. The number of hydrogen-bond donors (Lipinski definition) is 2. The molecular weight excluding hydrogens is 224 g/mol. The fourth-order valence-electron chi connectivity index (χ4n) is 1.50. The van der Waals surface area contributed by atoms with E-state index in [1.165, 1.54) is 0 Å². The Morgan fingerprint density at radius 2 is 1.78 bits per heavy atom. The molecule has 3 N–H and O–H groups in total. The highest BCUT2D eigenvalue weighted by atomic mass is 16.1. The Bertz CT molecular complexity index is 382. The van der Waals surface area contributed by atoms with Crippen LogP contribution < -0.4 is 11.1 Å². The molecule has 0 aliphatic heterocycles. The predicted octanol–water partition coefficient (Wildman–Crippen LogP) is 2.24. The first kappa shape index (κ1) is 14.7. The molecule has 0 spiro atoms. The summed E-state index contributed by atoms with van der Waals surface area (Å²) < 4.78 is 0. The number of benzene rings is 1. The largest absolute Gasteiger partial charge is 0.355 e. The molecule has 0 saturated carbocycles. The highest BCUT2D eigenvalue weighted by molar-refractivity contribution is 5.78. The second-order valence-electron chi connectivity index (χ2n) is 5.49. The lowest BCUT2D eigenvalue weighted by atomic mass is 9.90. The quantitative estimate of drug-likeness (QED) is 0.811. The third kappa shape index (κ3) is 4.88. The highest BCUT2D eigenvalue weighted by Gasteiger charge is 2.15. The lowest BCUT2D eigenvalue weighted by Crippen LogP contribution is -2.34. The fraction of sp³-hybridized carbons (Fsp3) is 0.533. The van der Waals surface area contributed by atoms with E-state index in [2.05, 4.69) is 26.1 Å². The maximum absolute atomic E-state index is 11.8. The van der Waals surface area contributed by atoms with Crippen LogP contribution in [-0.4, -0.2) is 12.5 Å². The number of carbonyl (C=O) groups excluding carboxylic acids is 1. The second kappa shape index (κ2) is 6.55. The molecule has 0 aliphatic rings. The summed E-state index contributed by atoms with van der Waals surface area (Å²) in [4.78, 5) is 11.8. The van der Waals surface area contributed by atoms with E-state index in [0.717, 1.165) is 24.1 Å². The molecule has 1 aromatic rings. The van der Waals surface area contributed by atoms with Gasteiger partial charge in [0.25, 0.3) is 0 Å². The summed E-state index contributed by atoms with van der Waals surface area (Å²) in [7, 11) is 0. The first-order chi connectivity index (χ1) is 8.46. The molecule has 1 rings (SSSR count). The van der Waals surface area contributed by atoms with Gasteiger partial charge in [-0.2, -0.15) is 0 Å². The SMILES string of the molecule is CCC(C)(C)CNC(=O)Cc1ccc(CN)cc1. The molecule has 1 amide bonds. The Morgan fingerprint density at radius 1 is 1.22 bits per heavy atom. The molecule has 0 aliphatic carbocycles. The van der Waals surface area contributed by atoms with E-state index in [1.54, 1.807) is 0 Å². The molecule has 0 atom stereocenters. The molecule has 18 heavy (non-hydrogen) atoms. The summed E-state index contributed by atoms with van der Waals surface area (Å²) in [5, 5.41) is 2.99. The van der Waals surface area contributed by atoms with Gasteiger partial charge in [0.15, 0.2) is 0 Å². The molecule has 1 aromatic carbocycles. The minimum atomic E-state index is 0.0806. The van der Waals surface area contributed by atoms with E-state index >= 15 is 0 Å². The summed E-state index contributed by atoms with van der Waals surface area (Å²) in [5.41, 5.74) is 7.81. The molecule has 0 heterocycles. The van der Waals surface area contributed by atoms with E-state index in [-0.39, 0.29) is 11.3 Å². The van der Waals surface area contributed by atoms with Gasteiger partial charge in [0.05, 0.1) is 6.42 Å². The normalized spacial score (nSPS) is 11.3. The topological polar surface area (TPSA) is 55.1 Å². The number of carbonyl (C=O) groups is 1. The maximum Gasteiger partial charge on any atom is 0.224 e. The number of nitrogens with one attached hydrogen (secondary N) is 1. The van der Waals surface area contributed by atoms with Gasteiger partial charge in [0, 0.05) is 13.1 Å². The number of amides is 1. The van der Waals surface area contributed by atoms with Crippen LogP contribution in [0.3, 0.4) is 0 Å². The summed E-state index contributed by atoms with van der Waals surface area (Å²) in [6.07, 6.45) is 1.49. The molecule has 3 heteroatoms. The zero-order valence-corrected chi connectivity index (χ0v) is 11.6. The molecular formula is C15H24N2O. The van der Waals surface area contributed by atoms with Crippen molar-refractivity contribution >= 4 is 5.91 Å². The first-order valence-corrected chi connectivity index (χ1v) is 6.51. The Labute approximate surface area is 110 Å². The standard InChI is InChI=1S/C15H24N2O/c1-4-15(2,3)11-17-14(18)9-12-5-7-13(10-16)8-6-12/h5-8H,4,9-11,16H2,1-3H3,(H,17,18). The van der Waals surface area contributed by atoms with Gasteiger partial charge in [0.1, 0.15) is 0 Å². The van der Waals surface area contributed by atoms with Crippen molar-refractivity contribution in [3.05, 3.63) is 35.4 Å². The van der Waals surface area contributed by atoms with Crippen LogP contribution in [0, 0.1) is 5.41 Å². The fourth-order valence-corrected chi connectivity index (χ4v) is 1.50. The first-order valence-electron chi connectivity index (χ1n) is 6.51. The summed E-state index contributed by atoms with van der Waals surface area (Å²) >= 11 is 0. The lowest BCUT2D eigenvalue weighted by Gasteiger charge is -2.22. The zero-order valence-electron chi connectivity index (χ0n) is 11.6. The summed E-state index contributed by atoms with van der Waals surface area (Å²) in [6.45, 7) is 7.71. The molecule has 0 fully saturated rings. The van der Waals surface area contributed by atoms with Crippen LogP contribution in [0.5, 0.6) is 0 Å². The van der Waals surface area contributed by atoms with Crippen molar-refractivity contribution in [2.75, 3.05) is 6.54 Å². The minimum Gasteiger partial charge on any atom is -0.355 e. The minimum absolute atomic E-state index is 0.0806. The van der Waals surface area contributed by atoms with E-state index in [4.69, 9.17) is 5.73 Å². The van der Waals surface area contributed by atoms with E-state index in [1.807, 2.05) is 24.3 Å². The molecule has 100 valence electrons. The molecule has 0 aromatic heterocycles. The summed E-state index contributed by atoms with van der Waals surface area (Å²) in [5.74, 6) is 0.0806. The van der Waals surface area contributed by atoms with E-state index < -0.39 is 0 Å². The predicted molar refractivity (Wildman–Crippen MR) is 75.1 cm³/mol. The zero-order chi connectivity index (χ0) is 13.6. The molecule has 3 nitrogen and oxygen atoms in total. The smallest absolute Gasteiger partial charge is 0.224 e. The average molecular weight is 248 g/mol. The van der Waals surface area contributed by atoms with Gasteiger partial charge < -0.3 is 11.1 Å². The van der Waals surface area contributed by atoms with Crippen molar-refractivity contribution in [1.82, 2.24) is 5.32 Å². The van der Waals surface area contributed by atoms with Crippen LogP contribution in [-0.2, 0) is 17.8 Å². The van der Waals surface area contributed by atoms with E-state index in [9.17, 15) is 4.79 Å². The van der Waals surface area contributed by atoms with Crippen LogP contribution in [0.4, 0.5) is 0 Å². The van der Waals surface area contributed by atoms with Crippen molar-refractivity contribution in [2.45, 2.75) is 40.2 Å². The van der Waals surface area contributed by atoms with Gasteiger partial charge in [-0.3, -0.25) is 4.79 Å². The van der Waals surface area contributed by atoms with Gasteiger partial charge in [-0.1, -0.05) is 45.0 Å². The van der Waals surface area contributed by atoms with Crippen molar-refractivity contribution in [2.24, 2.45) is 11.1 Å². The summed E-state index contributed by atoms with van der Waals surface area (Å²) in [6, 6.07) is 7.87. The Morgan fingerprint density at radius 3 is 2.28 bits per heavy atom. The second-order valence-corrected chi connectivity index (χ2v) is 5.49. The van der Waals surface area contributed by atoms with Crippen molar-refractivity contribution in [3.8, 4) is 0 Å². The van der Waals surface area contributed by atoms with Crippen LogP contribution in [0.15, 0.2) is 24.3 Å². The van der Waals surface area contributed by atoms with Gasteiger partial charge in [-0.15, -0.1) is 0 Å². The third-order valence-electron chi connectivity index (χ3n) is 3.34. The van der Waals surface area contributed by atoms with Crippen molar-refractivity contribution in [3.63, 3.8) is 0 Å². The van der Waals surface area contributed by atoms with Crippen LogP contribution in [0.2, 0.25) is 0 Å². The van der Waals surface area contributed by atoms with Gasteiger partial charge in [-0.05, 0) is 23.0 Å². The van der Waals surface area contributed by atoms with Gasteiger partial charge >= 0.3 is 0 Å². The Kier molecular flexibility index (Phi) is 5.35. The van der Waals surface area contributed by atoms with Crippen LogP contribution >= 0.6 is 0 Å². The van der Waals surface area contributed by atoms with Crippen molar-refractivity contribution in [1.29, 1.82) is 0 Å². The van der Waals surface area contributed by atoms with Crippen LogP contribution in [0.25, 0.3) is 0 Å². The number of rotatable bonds is 6. The number of hydrogen-bond acceptors (Lipinski definition) is 2. The third-order valence-corrected chi connectivity index (χ3v) is 3.34. The van der Waals surface area contributed by atoms with Crippen molar-refractivity contribution < 1.29 is 4.79 Å². The highest BCUT2D eigenvalue weighted by Crippen LogP contribution is 2.17. The Hall–Kier alpha value is -1.35.